The monoisotopic (exact) mass is 288 g/mol. The van der Waals surface area contributed by atoms with Crippen LogP contribution in [0.15, 0.2) is 30.5 Å². The molecule has 1 aliphatic heterocycles. The predicted molar refractivity (Wildman–Crippen MR) is 75.1 cm³/mol. The highest BCUT2D eigenvalue weighted by Crippen LogP contribution is 2.06. The minimum Gasteiger partial charge on any atom is -0.449 e. The molecule has 7 nitrogen and oxygen atoms in total. The molecule has 110 valence electrons. The van der Waals surface area contributed by atoms with Gasteiger partial charge in [0, 0.05) is 19.6 Å². The molecule has 0 saturated carbocycles. The number of carbonyl (C=O) groups excluding carboxylic acids is 2. The minimum atomic E-state index is -0.315. The van der Waals surface area contributed by atoms with Crippen LogP contribution < -0.4 is 5.32 Å². The van der Waals surface area contributed by atoms with E-state index in [9.17, 15) is 9.59 Å². The van der Waals surface area contributed by atoms with Gasteiger partial charge in [-0.15, -0.1) is 0 Å². The molecule has 1 N–H and O–H groups in total. The van der Waals surface area contributed by atoms with E-state index in [1.54, 1.807) is 21.7 Å². The molecular weight excluding hydrogens is 272 g/mol. The Morgan fingerprint density at radius 1 is 1.38 bits per heavy atom. The van der Waals surface area contributed by atoms with Gasteiger partial charge in [-0.1, -0.05) is 6.07 Å². The Labute approximate surface area is 121 Å². The minimum absolute atomic E-state index is 0.213. The van der Waals surface area contributed by atoms with Gasteiger partial charge in [0.15, 0.2) is 0 Å². The largest absolute Gasteiger partial charge is 0.449 e. The van der Waals surface area contributed by atoms with Crippen molar-refractivity contribution in [1.82, 2.24) is 19.8 Å². The van der Waals surface area contributed by atoms with Crippen molar-refractivity contribution in [3.8, 4) is 0 Å². The first kappa shape index (κ1) is 13.4. The second kappa shape index (κ2) is 5.82. The molecule has 1 saturated heterocycles. The fourth-order valence-corrected chi connectivity index (χ4v) is 2.32. The molecule has 1 aliphatic rings. The van der Waals surface area contributed by atoms with Gasteiger partial charge < -0.3 is 15.0 Å². The van der Waals surface area contributed by atoms with E-state index in [0.29, 0.717) is 31.9 Å². The van der Waals surface area contributed by atoms with E-state index < -0.39 is 0 Å². The Balaban J connectivity index is 1.59. The summed E-state index contributed by atoms with van der Waals surface area (Å²) in [7, 11) is 0. The van der Waals surface area contributed by atoms with Gasteiger partial charge in [-0.05, 0) is 24.6 Å². The van der Waals surface area contributed by atoms with Crippen molar-refractivity contribution in [3.05, 3.63) is 36.2 Å². The second-order valence-corrected chi connectivity index (χ2v) is 4.79. The molecule has 1 fully saturated rings. The van der Waals surface area contributed by atoms with Gasteiger partial charge in [0.05, 0.1) is 18.3 Å². The topological polar surface area (TPSA) is 75.9 Å². The van der Waals surface area contributed by atoms with Crippen molar-refractivity contribution in [2.75, 3.05) is 26.2 Å². The van der Waals surface area contributed by atoms with Crippen molar-refractivity contribution in [1.29, 1.82) is 0 Å². The number of amides is 2. The summed E-state index contributed by atoms with van der Waals surface area (Å²) < 4.78 is 6.53. The summed E-state index contributed by atoms with van der Waals surface area (Å²) in [6, 6.07) is 7.24. The molecule has 3 heterocycles. The number of ether oxygens (including phenoxy) is 1. The van der Waals surface area contributed by atoms with Crippen molar-refractivity contribution < 1.29 is 14.3 Å². The molecule has 2 aromatic heterocycles. The van der Waals surface area contributed by atoms with E-state index in [-0.39, 0.29) is 12.0 Å². The third-order valence-corrected chi connectivity index (χ3v) is 3.38. The van der Waals surface area contributed by atoms with Gasteiger partial charge in [-0.3, -0.25) is 4.79 Å². The van der Waals surface area contributed by atoms with Crippen LogP contribution in [0.1, 0.15) is 16.9 Å². The first-order valence-corrected chi connectivity index (χ1v) is 6.88. The standard InChI is InChI=1S/C14H16N4O3/c19-13(12-4-1-3-11-5-6-16-18(11)12)15-7-9-17-8-2-10-21-14(17)20/h1,3-6H,2,7-10H2,(H,15,19). The van der Waals surface area contributed by atoms with Crippen molar-refractivity contribution in [2.45, 2.75) is 6.42 Å². The Hall–Kier alpha value is -2.57. The number of hydrogen-bond donors (Lipinski definition) is 1. The summed E-state index contributed by atoms with van der Waals surface area (Å²) in [6.45, 7) is 1.97. The molecule has 7 heteroatoms. The number of rotatable bonds is 4. The quantitative estimate of drug-likeness (QED) is 0.907. The van der Waals surface area contributed by atoms with E-state index in [2.05, 4.69) is 10.4 Å². The average Bonchev–Trinajstić information content (AvgIpc) is 2.97. The van der Waals surface area contributed by atoms with E-state index in [1.807, 2.05) is 18.2 Å². The zero-order valence-corrected chi connectivity index (χ0v) is 11.5. The van der Waals surface area contributed by atoms with Crippen molar-refractivity contribution in [3.63, 3.8) is 0 Å². The molecule has 21 heavy (non-hydrogen) atoms. The maximum atomic E-state index is 12.2. The number of nitrogens with one attached hydrogen (secondary N) is 1. The predicted octanol–water partition coefficient (Wildman–Crippen LogP) is 0.906. The fourth-order valence-electron chi connectivity index (χ4n) is 2.32. The number of pyridine rings is 1. The van der Waals surface area contributed by atoms with Crippen molar-refractivity contribution in [2.24, 2.45) is 0 Å². The lowest BCUT2D eigenvalue weighted by Gasteiger charge is -2.26. The fraction of sp³-hybridized carbons (Fsp3) is 0.357. The zero-order valence-electron chi connectivity index (χ0n) is 11.5. The van der Waals surface area contributed by atoms with Crippen LogP contribution in [0, 0.1) is 0 Å². The molecule has 0 aliphatic carbocycles. The number of hydrogen-bond acceptors (Lipinski definition) is 4. The number of carbonyl (C=O) groups is 2. The van der Waals surface area contributed by atoms with Gasteiger partial charge in [0.2, 0.25) is 0 Å². The Kier molecular flexibility index (Phi) is 3.72. The molecule has 0 spiro atoms. The number of cyclic esters (lactones) is 1. The van der Waals surface area contributed by atoms with Crippen LogP contribution in [-0.2, 0) is 4.74 Å². The van der Waals surface area contributed by atoms with E-state index in [4.69, 9.17) is 4.74 Å². The van der Waals surface area contributed by atoms with Gasteiger partial charge in [0.1, 0.15) is 5.69 Å². The average molecular weight is 288 g/mol. The van der Waals surface area contributed by atoms with Crippen molar-refractivity contribution >= 4 is 17.5 Å². The summed E-state index contributed by atoms with van der Waals surface area (Å²) in [6.07, 6.45) is 2.16. The normalized spacial score (nSPS) is 15.0. The van der Waals surface area contributed by atoms with Crippen LogP contribution in [-0.4, -0.2) is 52.8 Å². The maximum absolute atomic E-state index is 12.2. The number of fused-ring (bicyclic) bond motifs is 1. The summed E-state index contributed by atoms with van der Waals surface area (Å²) in [4.78, 5) is 25.2. The van der Waals surface area contributed by atoms with Crippen LogP contribution in [0.4, 0.5) is 4.79 Å². The maximum Gasteiger partial charge on any atom is 0.409 e. The first-order valence-electron chi connectivity index (χ1n) is 6.88. The van der Waals surface area contributed by atoms with E-state index >= 15 is 0 Å². The van der Waals surface area contributed by atoms with Crippen LogP contribution in [0.3, 0.4) is 0 Å². The SMILES string of the molecule is O=C(NCCN1CCCOC1=O)c1cccc2ccnn12. The summed E-state index contributed by atoms with van der Waals surface area (Å²) in [5.41, 5.74) is 1.33. The van der Waals surface area contributed by atoms with Crippen LogP contribution in [0.2, 0.25) is 0 Å². The van der Waals surface area contributed by atoms with E-state index in [0.717, 1.165) is 11.9 Å². The van der Waals surface area contributed by atoms with Gasteiger partial charge in [-0.25, -0.2) is 9.31 Å². The summed E-state index contributed by atoms with van der Waals surface area (Å²) >= 11 is 0. The summed E-state index contributed by atoms with van der Waals surface area (Å²) in [5.74, 6) is -0.213. The number of aromatic nitrogens is 2. The third kappa shape index (κ3) is 2.81. The van der Waals surface area contributed by atoms with Crippen LogP contribution in [0.25, 0.3) is 5.52 Å². The molecule has 0 unspecified atom stereocenters. The molecule has 0 aromatic carbocycles. The highest BCUT2D eigenvalue weighted by Gasteiger charge is 2.19. The molecule has 0 atom stereocenters. The molecule has 0 bridgehead atoms. The smallest absolute Gasteiger partial charge is 0.409 e. The molecule has 2 amide bonds. The lowest BCUT2D eigenvalue weighted by molar-refractivity contribution is 0.0719. The van der Waals surface area contributed by atoms with Gasteiger partial charge in [-0.2, -0.15) is 5.10 Å². The van der Waals surface area contributed by atoms with Crippen LogP contribution in [0.5, 0.6) is 0 Å². The molecular formula is C14H16N4O3. The molecule has 0 radical (unpaired) electrons. The Morgan fingerprint density at radius 2 is 2.29 bits per heavy atom. The van der Waals surface area contributed by atoms with E-state index in [1.165, 1.54) is 0 Å². The second-order valence-electron chi connectivity index (χ2n) is 4.79. The molecule has 3 rings (SSSR count). The lowest BCUT2D eigenvalue weighted by atomic mass is 10.3. The van der Waals surface area contributed by atoms with Crippen LogP contribution >= 0.6 is 0 Å². The number of nitrogens with zero attached hydrogens (tertiary/aromatic N) is 3. The Morgan fingerprint density at radius 3 is 3.14 bits per heavy atom. The van der Waals surface area contributed by atoms with Gasteiger partial charge >= 0.3 is 6.09 Å². The summed E-state index contributed by atoms with van der Waals surface area (Å²) in [5, 5.41) is 6.92. The van der Waals surface area contributed by atoms with Gasteiger partial charge in [0.25, 0.3) is 5.91 Å². The zero-order chi connectivity index (χ0) is 14.7. The Bertz CT molecular complexity index is 667. The third-order valence-electron chi connectivity index (χ3n) is 3.38. The highest BCUT2D eigenvalue weighted by molar-refractivity contribution is 5.93. The lowest BCUT2D eigenvalue weighted by Crippen LogP contribution is -2.42. The first-order chi connectivity index (χ1) is 10.3. The molecule has 2 aromatic rings. The highest BCUT2D eigenvalue weighted by atomic mass is 16.6.